The Labute approximate surface area is 235 Å². The zero-order valence-electron chi connectivity index (χ0n) is 22.6. The molecular weight excluding hydrogens is 512 g/mol. The van der Waals surface area contributed by atoms with Gasteiger partial charge in [0.2, 0.25) is 0 Å². The number of rotatable bonds is 8. The molecule has 9 heteroatoms. The van der Waals surface area contributed by atoms with E-state index in [1.165, 1.54) is 5.56 Å². The van der Waals surface area contributed by atoms with Gasteiger partial charge in [-0.15, -0.1) is 12.4 Å². The first-order valence-electron chi connectivity index (χ1n) is 13.3. The maximum absolute atomic E-state index is 13.3. The summed E-state index contributed by atoms with van der Waals surface area (Å²) in [5.41, 5.74) is 4.14. The van der Waals surface area contributed by atoms with Crippen LogP contribution >= 0.6 is 12.4 Å². The SMILES string of the molecule is CC(NC(C)C(C)n1ncn(-c2ccc(N3CCN(c4ccc(O)cc4)CC3)cc2)c1=O)c1ccccc1.Cl. The highest BCUT2D eigenvalue weighted by Crippen LogP contribution is 2.23. The Morgan fingerprint density at radius 1 is 0.769 bits per heavy atom. The fourth-order valence-corrected chi connectivity index (χ4v) is 5.07. The maximum Gasteiger partial charge on any atom is 0.350 e. The second kappa shape index (κ2) is 12.4. The van der Waals surface area contributed by atoms with Crippen molar-refractivity contribution in [3.63, 3.8) is 0 Å². The van der Waals surface area contributed by atoms with Gasteiger partial charge in [0.1, 0.15) is 12.1 Å². The highest BCUT2D eigenvalue weighted by atomic mass is 35.5. The monoisotopic (exact) mass is 548 g/mol. The van der Waals surface area contributed by atoms with Crippen LogP contribution in [0.3, 0.4) is 0 Å². The van der Waals surface area contributed by atoms with E-state index in [9.17, 15) is 9.90 Å². The third-order valence-electron chi connectivity index (χ3n) is 7.60. The van der Waals surface area contributed by atoms with Crippen molar-refractivity contribution in [3.05, 3.63) is 101 Å². The molecule has 1 aromatic heterocycles. The van der Waals surface area contributed by atoms with E-state index in [0.29, 0.717) is 0 Å². The van der Waals surface area contributed by atoms with Gasteiger partial charge in [-0.3, -0.25) is 0 Å². The summed E-state index contributed by atoms with van der Waals surface area (Å²) in [6.07, 6.45) is 1.61. The molecular formula is C30H37ClN6O2. The number of halogens is 1. The van der Waals surface area contributed by atoms with Gasteiger partial charge in [0.05, 0.1) is 11.7 Å². The first-order chi connectivity index (χ1) is 18.4. The molecule has 39 heavy (non-hydrogen) atoms. The second-order valence-electron chi connectivity index (χ2n) is 10.1. The third kappa shape index (κ3) is 6.29. The zero-order valence-corrected chi connectivity index (χ0v) is 23.5. The molecule has 1 aliphatic rings. The Kier molecular flexibility index (Phi) is 8.99. The number of phenolic OH excluding ortho intramolecular Hbond substituents is 1. The Morgan fingerprint density at radius 2 is 1.28 bits per heavy atom. The van der Waals surface area contributed by atoms with Crippen molar-refractivity contribution in [1.29, 1.82) is 0 Å². The van der Waals surface area contributed by atoms with Gasteiger partial charge in [0.25, 0.3) is 0 Å². The first-order valence-corrected chi connectivity index (χ1v) is 13.3. The van der Waals surface area contributed by atoms with Crippen molar-refractivity contribution in [1.82, 2.24) is 19.7 Å². The topological polar surface area (TPSA) is 78.6 Å². The molecule has 1 saturated heterocycles. The number of phenols is 1. The Morgan fingerprint density at radius 3 is 1.85 bits per heavy atom. The molecule has 1 aliphatic heterocycles. The number of nitrogens with one attached hydrogen (secondary N) is 1. The van der Waals surface area contributed by atoms with E-state index < -0.39 is 0 Å². The average molecular weight is 549 g/mol. The Bertz CT molecular complexity index is 1380. The van der Waals surface area contributed by atoms with E-state index >= 15 is 0 Å². The molecule has 0 spiro atoms. The number of benzene rings is 3. The van der Waals surface area contributed by atoms with Gasteiger partial charge in [0, 0.05) is 49.6 Å². The molecule has 0 radical (unpaired) electrons. The summed E-state index contributed by atoms with van der Waals surface area (Å²) in [5.74, 6) is 0.287. The molecule has 4 aromatic rings. The van der Waals surface area contributed by atoms with E-state index in [0.717, 1.165) is 43.2 Å². The molecule has 3 aromatic carbocycles. The van der Waals surface area contributed by atoms with Crippen LogP contribution in [-0.4, -0.2) is 51.7 Å². The lowest BCUT2D eigenvalue weighted by Gasteiger charge is -2.37. The lowest BCUT2D eigenvalue weighted by Crippen LogP contribution is -2.46. The van der Waals surface area contributed by atoms with Crippen molar-refractivity contribution in [2.75, 3.05) is 36.0 Å². The van der Waals surface area contributed by atoms with Crippen LogP contribution in [0.1, 0.15) is 38.4 Å². The summed E-state index contributed by atoms with van der Waals surface area (Å²) in [5, 5.41) is 17.6. The number of hydrogen-bond donors (Lipinski definition) is 2. The van der Waals surface area contributed by atoms with E-state index in [1.807, 2.05) is 49.4 Å². The number of aromatic hydroxyl groups is 1. The largest absolute Gasteiger partial charge is 0.508 e. The van der Waals surface area contributed by atoms with Crippen LogP contribution in [0.4, 0.5) is 11.4 Å². The van der Waals surface area contributed by atoms with E-state index in [2.05, 4.69) is 58.3 Å². The minimum atomic E-state index is -0.145. The highest BCUT2D eigenvalue weighted by Gasteiger charge is 2.21. The summed E-state index contributed by atoms with van der Waals surface area (Å²) < 4.78 is 3.17. The van der Waals surface area contributed by atoms with Gasteiger partial charge >= 0.3 is 5.69 Å². The van der Waals surface area contributed by atoms with E-state index in [4.69, 9.17) is 0 Å². The molecule has 0 saturated carbocycles. The van der Waals surface area contributed by atoms with Gasteiger partial charge in [-0.1, -0.05) is 30.3 Å². The van der Waals surface area contributed by atoms with Crippen LogP contribution in [0, 0.1) is 0 Å². The van der Waals surface area contributed by atoms with Crippen molar-refractivity contribution in [3.8, 4) is 11.4 Å². The number of nitrogens with zero attached hydrogens (tertiary/aromatic N) is 5. The van der Waals surface area contributed by atoms with Crippen LogP contribution in [0.15, 0.2) is 90.0 Å². The quantitative estimate of drug-likeness (QED) is 0.330. The van der Waals surface area contributed by atoms with Crippen molar-refractivity contribution >= 4 is 23.8 Å². The smallest absolute Gasteiger partial charge is 0.350 e. The molecule has 0 bridgehead atoms. The van der Waals surface area contributed by atoms with Crippen LogP contribution in [0.5, 0.6) is 5.75 Å². The molecule has 8 nitrogen and oxygen atoms in total. The lowest BCUT2D eigenvalue weighted by molar-refractivity contribution is 0.334. The maximum atomic E-state index is 13.3. The highest BCUT2D eigenvalue weighted by molar-refractivity contribution is 5.85. The van der Waals surface area contributed by atoms with E-state index in [-0.39, 0.29) is 42.0 Å². The van der Waals surface area contributed by atoms with Gasteiger partial charge in [-0.2, -0.15) is 5.10 Å². The molecule has 2 heterocycles. The predicted octanol–water partition coefficient (Wildman–Crippen LogP) is 4.79. The van der Waals surface area contributed by atoms with Crippen LogP contribution < -0.4 is 20.8 Å². The summed E-state index contributed by atoms with van der Waals surface area (Å²) in [4.78, 5) is 17.9. The lowest BCUT2D eigenvalue weighted by atomic mass is 10.1. The van der Waals surface area contributed by atoms with Crippen molar-refractivity contribution < 1.29 is 5.11 Å². The third-order valence-corrected chi connectivity index (χ3v) is 7.60. The molecule has 1 fully saturated rings. The fraction of sp³-hybridized carbons (Fsp3) is 0.333. The van der Waals surface area contributed by atoms with Crippen molar-refractivity contribution in [2.45, 2.75) is 38.9 Å². The molecule has 0 aliphatic carbocycles. The number of piperazine rings is 1. The zero-order chi connectivity index (χ0) is 26.6. The molecule has 3 atom stereocenters. The summed E-state index contributed by atoms with van der Waals surface area (Å²) in [7, 11) is 0. The second-order valence-corrected chi connectivity index (χ2v) is 10.1. The van der Waals surface area contributed by atoms with Gasteiger partial charge in [-0.25, -0.2) is 14.0 Å². The Hall–Kier alpha value is -3.75. The van der Waals surface area contributed by atoms with Gasteiger partial charge in [-0.05, 0) is 74.9 Å². The first kappa shape index (κ1) is 28.3. The fourth-order valence-electron chi connectivity index (χ4n) is 5.07. The normalized spacial score (nSPS) is 15.9. The molecule has 2 N–H and O–H groups in total. The predicted molar refractivity (Wildman–Crippen MR) is 160 cm³/mol. The molecule has 206 valence electrons. The summed E-state index contributed by atoms with van der Waals surface area (Å²) >= 11 is 0. The molecule has 0 amide bonds. The Balaban J connectivity index is 0.00000353. The van der Waals surface area contributed by atoms with Crippen LogP contribution in [0.25, 0.3) is 5.69 Å². The van der Waals surface area contributed by atoms with Crippen LogP contribution in [-0.2, 0) is 0 Å². The van der Waals surface area contributed by atoms with Crippen molar-refractivity contribution in [2.24, 2.45) is 0 Å². The average Bonchev–Trinajstić information content (AvgIpc) is 3.34. The van der Waals surface area contributed by atoms with E-state index in [1.54, 1.807) is 27.7 Å². The molecule has 3 unspecified atom stereocenters. The standard InChI is InChI=1S/C30H36N6O2.ClH/c1-22(32-23(2)25-7-5-4-6-8-25)24(3)36-30(38)35(21-31-36)28-11-9-26(10-12-28)33-17-19-34(20-18-33)27-13-15-29(37)16-14-27;/h4-16,21-24,32,37H,17-20H2,1-3H3;1H. The number of anilines is 2. The van der Waals surface area contributed by atoms with Crippen LogP contribution in [0.2, 0.25) is 0 Å². The minimum Gasteiger partial charge on any atom is -0.508 e. The molecule has 5 rings (SSSR count). The summed E-state index contributed by atoms with van der Waals surface area (Å²) in [6.45, 7) is 9.87. The minimum absolute atomic E-state index is 0. The number of aromatic nitrogens is 3. The number of hydrogen-bond acceptors (Lipinski definition) is 6. The van der Waals surface area contributed by atoms with Gasteiger partial charge in [0.15, 0.2) is 0 Å². The van der Waals surface area contributed by atoms with Gasteiger partial charge < -0.3 is 20.2 Å². The summed E-state index contributed by atoms with van der Waals surface area (Å²) in [6, 6.07) is 25.9.